The quantitative estimate of drug-likeness (QED) is 0.525. The maximum Gasteiger partial charge on any atom is 0.250 e. The molecule has 0 saturated heterocycles. The highest BCUT2D eigenvalue weighted by Crippen LogP contribution is 2.24. The van der Waals surface area contributed by atoms with E-state index in [-0.39, 0.29) is 0 Å². The van der Waals surface area contributed by atoms with Crippen molar-refractivity contribution in [2.24, 2.45) is 0 Å². The minimum absolute atomic E-state index is 0.720. The van der Waals surface area contributed by atoms with Crippen molar-refractivity contribution in [1.29, 1.82) is 5.26 Å². The lowest BCUT2D eigenvalue weighted by molar-refractivity contribution is -0.464. The highest BCUT2D eigenvalue weighted by atomic mass is 15.1. The Morgan fingerprint density at radius 1 is 1.12 bits per heavy atom. The molecule has 2 N–H and O–H groups in total. The number of para-hydroxylation sites is 2. The number of pyridine rings is 1. The number of nitrogens with zero attached hydrogens (tertiary/aromatic N) is 2. The maximum atomic E-state index is 9.78. The Morgan fingerprint density at radius 3 is 2.62 bits per heavy atom. The van der Waals surface area contributed by atoms with Gasteiger partial charge in [0.25, 0.3) is 0 Å². The second kappa shape index (κ2) is 6.53. The number of rotatable bonds is 4. The molecule has 0 aliphatic heterocycles. The number of aromatic nitrogens is 2. The first-order valence-electron chi connectivity index (χ1n) is 8.93. The van der Waals surface area contributed by atoms with E-state index in [1.807, 2.05) is 18.2 Å². The summed E-state index contributed by atoms with van der Waals surface area (Å²) in [6.45, 7) is 4.22. The van der Waals surface area contributed by atoms with E-state index in [0.29, 0.717) is 0 Å². The number of nitriles is 1. The number of aromatic amines is 1. The van der Waals surface area contributed by atoms with Gasteiger partial charge in [-0.3, -0.25) is 10.3 Å². The number of fused-ring (bicyclic) bond motifs is 3. The van der Waals surface area contributed by atoms with Gasteiger partial charge < -0.3 is 0 Å². The summed E-state index contributed by atoms with van der Waals surface area (Å²) in [6, 6.07) is 21.0. The minimum atomic E-state index is 0.720. The van der Waals surface area contributed by atoms with Gasteiger partial charge in [-0.05, 0) is 43.2 Å². The van der Waals surface area contributed by atoms with Crippen LogP contribution in [0.25, 0.3) is 16.7 Å². The molecule has 2 aromatic heterocycles. The summed E-state index contributed by atoms with van der Waals surface area (Å²) >= 11 is 0. The lowest BCUT2D eigenvalue weighted by Gasteiger charge is -2.08. The molecule has 4 aromatic rings. The third-order valence-corrected chi connectivity index (χ3v) is 4.69. The van der Waals surface area contributed by atoms with Crippen LogP contribution in [0.4, 0.5) is 11.5 Å². The van der Waals surface area contributed by atoms with Gasteiger partial charge in [-0.25, -0.2) is 0 Å². The fraction of sp³-hybridized carbons (Fsp3) is 0.182. The zero-order chi connectivity index (χ0) is 18.1. The van der Waals surface area contributed by atoms with E-state index >= 15 is 0 Å². The van der Waals surface area contributed by atoms with Gasteiger partial charge in [-0.15, -0.1) is 0 Å². The van der Waals surface area contributed by atoms with Crippen LogP contribution < -0.4 is 9.72 Å². The van der Waals surface area contributed by atoms with E-state index in [2.05, 4.69) is 71.0 Å². The molecule has 128 valence electrons. The molecule has 2 heterocycles. The fourth-order valence-electron chi connectivity index (χ4n) is 3.42. The number of aryl methyl sites for hydroxylation is 2. The first-order valence-corrected chi connectivity index (χ1v) is 8.93. The van der Waals surface area contributed by atoms with E-state index in [4.69, 9.17) is 0 Å². The summed E-state index contributed by atoms with van der Waals surface area (Å²) in [5.74, 6) is 0.962. The molecule has 4 rings (SSSR count). The molecule has 0 saturated carbocycles. The number of imidazole rings is 1. The molecular weight excluding hydrogens is 320 g/mol. The van der Waals surface area contributed by atoms with Crippen molar-refractivity contribution in [3.63, 3.8) is 0 Å². The minimum Gasteiger partial charge on any atom is -0.273 e. The molecule has 0 radical (unpaired) electrons. The molecule has 0 aliphatic rings. The van der Waals surface area contributed by atoms with Crippen LogP contribution in [0.2, 0.25) is 0 Å². The topological polar surface area (TPSA) is 55.7 Å². The molecule has 0 amide bonds. The summed E-state index contributed by atoms with van der Waals surface area (Å²) < 4.78 is 2.10. The highest BCUT2D eigenvalue weighted by Gasteiger charge is 2.21. The number of hydrogen-bond donors (Lipinski definition) is 2. The van der Waals surface area contributed by atoms with Crippen LogP contribution >= 0.6 is 0 Å². The molecule has 0 fully saturated rings. The number of nitrogens with one attached hydrogen (secondary N) is 2. The Bertz CT molecular complexity index is 1130. The van der Waals surface area contributed by atoms with Crippen LogP contribution in [-0.2, 0) is 6.42 Å². The summed E-state index contributed by atoms with van der Waals surface area (Å²) in [5, 5.41) is 13.3. The Morgan fingerprint density at radius 2 is 1.88 bits per heavy atom. The molecule has 0 aliphatic carbocycles. The molecule has 4 heteroatoms. The largest absolute Gasteiger partial charge is 0.273 e. The SMILES string of the molecule is CCCc1cc(Nc2ccc(C)cc2)[n+]2c([nH]c3ccccc32)c1C#N. The van der Waals surface area contributed by atoms with E-state index in [1.165, 1.54) is 5.56 Å². The first-order chi connectivity index (χ1) is 12.7. The number of H-pyrrole nitrogens is 1. The monoisotopic (exact) mass is 341 g/mol. The molecule has 0 spiro atoms. The number of anilines is 2. The van der Waals surface area contributed by atoms with Gasteiger partial charge in [0, 0.05) is 6.07 Å². The Labute approximate surface area is 152 Å². The van der Waals surface area contributed by atoms with E-state index < -0.39 is 0 Å². The van der Waals surface area contributed by atoms with Gasteiger partial charge in [-0.2, -0.15) is 9.66 Å². The van der Waals surface area contributed by atoms with Crippen LogP contribution in [-0.4, -0.2) is 4.98 Å². The Hall–Kier alpha value is -3.32. The number of hydrogen-bond acceptors (Lipinski definition) is 2. The van der Waals surface area contributed by atoms with E-state index in [1.54, 1.807) is 0 Å². The lowest BCUT2D eigenvalue weighted by atomic mass is 10.1. The highest BCUT2D eigenvalue weighted by molar-refractivity contribution is 5.77. The van der Waals surface area contributed by atoms with Crippen molar-refractivity contribution in [1.82, 2.24) is 4.98 Å². The molecule has 26 heavy (non-hydrogen) atoms. The van der Waals surface area contributed by atoms with Crippen molar-refractivity contribution in [3.05, 3.63) is 71.3 Å². The standard InChI is InChI=1S/C22H20N4/c1-3-6-16-13-21(24-17-11-9-15(2)10-12-17)26-20-8-5-4-7-19(20)25-22(26)18(16)14-23/h4-5,7-13H,3,6H2,1-2H3,(H,24,25)/p+1. The molecule has 0 atom stereocenters. The summed E-state index contributed by atoms with van der Waals surface area (Å²) in [4.78, 5) is 3.43. The van der Waals surface area contributed by atoms with Crippen molar-refractivity contribution in [3.8, 4) is 6.07 Å². The lowest BCUT2D eigenvalue weighted by Crippen LogP contribution is -2.26. The van der Waals surface area contributed by atoms with Gasteiger partial charge in [0.2, 0.25) is 11.5 Å². The Kier molecular flexibility index (Phi) is 4.06. The van der Waals surface area contributed by atoms with Gasteiger partial charge >= 0.3 is 0 Å². The van der Waals surface area contributed by atoms with Crippen molar-refractivity contribution < 1.29 is 4.40 Å². The summed E-state index contributed by atoms with van der Waals surface area (Å²) in [7, 11) is 0. The molecule has 2 aromatic carbocycles. The van der Waals surface area contributed by atoms with E-state index in [9.17, 15) is 5.26 Å². The van der Waals surface area contributed by atoms with Gasteiger partial charge in [0.05, 0.1) is 5.69 Å². The summed E-state index contributed by atoms with van der Waals surface area (Å²) in [6.07, 6.45) is 1.87. The zero-order valence-electron chi connectivity index (χ0n) is 15.0. The molecular formula is C22H21N4+. The molecule has 0 unspecified atom stereocenters. The first kappa shape index (κ1) is 16.2. The fourth-order valence-corrected chi connectivity index (χ4v) is 3.42. The second-order valence-corrected chi connectivity index (χ2v) is 6.61. The van der Waals surface area contributed by atoms with Crippen LogP contribution in [0.15, 0.2) is 54.6 Å². The molecule has 0 bridgehead atoms. The van der Waals surface area contributed by atoms with E-state index in [0.717, 1.165) is 52.2 Å². The molecule has 4 nitrogen and oxygen atoms in total. The van der Waals surface area contributed by atoms with Gasteiger partial charge in [0.1, 0.15) is 22.7 Å². The van der Waals surface area contributed by atoms with Crippen molar-refractivity contribution in [2.75, 3.05) is 5.32 Å². The van der Waals surface area contributed by atoms with Crippen LogP contribution in [0.3, 0.4) is 0 Å². The van der Waals surface area contributed by atoms with Crippen molar-refractivity contribution >= 4 is 28.2 Å². The third-order valence-electron chi connectivity index (χ3n) is 4.69. The predicted molar refractivity (Wildman–Crippen MR) is 105 cm³/mol. The normalized spacial score (nSPS) is 11.0. The average molecular weight is 341 g/mol. The number of benzene rings is 2. The second-order valence-electron chi connectivity index (χ2n) is 6.61. The van der Waals surface area contributed by atoms with Gasteiger partial charge in [-0.1, -0.05) is 43.2 Å². The van der Waals surface area contributed by atoms with Crippen molar-refractivity contribution in [2.45, 2.75) is 26.7 Å². The predicted octanol–water partition coefficient (Wildman–Crippen LogP) is 4.78. The zero-order valence-corrected chi connectivity index (χ0v) is 15.0. The third kappa shape index (κ3) is 2.68. The van der Waals surface area contributed by atoms with Crippen LogP contribution in [0.1, 0.15) is 30.0 Å². The maximum absolute atomic E-state index is 9.78. The Balaban J connectivity index is 2.00. The average Bonchev–Trinajstić information content (AvgIpc) is 3.03. The van der Waals surface area contributed by atoms with Gasteiger partial charge in [0.15, 0.2) is 0 Å². The summed E-state index contributed by atoms with van der Waals surface area (Å²) in [5.41, 5.74) is 6.96. The van der Waals surface area contributed by atoms with Crippen LogP contribution in [0.5, 0.6) is 0 Å². The van der Waals surface area contributed by atoms with Crippen LogP contribution in [0, 0.1) is 18.3 Å². The smallest absolute Gasteiger partial charge is 0.250 e.